The van der Waals surface area contributed by atoms with Crippen molar-refractivity contribution in [3.63, 3.8) is 0 Å². The Hall–Kier alpha value is -2.14. The van der Waals surface area contributed by atoms with E-state index in [1.807, 2.05) is 0 Å². The summed E-state index contributed by atoms with van der Waals surface area (Å²) in [6.07, 6.45) is 0.218. The number of fused-ring (bicyclic) bond motifs is 1. The Morgan fingerprint density at radius 2 is 1.95 bits per heavy atom. The smallest absolute Gasteiger partial charge is 0.300 e. The molecule has 0 saturated heterocycles. The molecule has 0 aliphatic heterocycles. The third-order valence-corrected chi connectivity index (χ3v) is 2.83. The number of Topliss-reactive ketones (excluding diaryl/α,β-unsaturated/α-hetero) is 1. The zero-order valence-corrected chi connectivity index (χ0v) is 11.7. The van der Waals surface area contributed by atoms with E-state index in [2.05, 4.69) is 9.87 Å². The van der Waals surface area contributed by atoms with Gasteiger partial charge in [0, 0.05) is 24.4 Å². The molecule has 104 valence electrons. The number of hydrogen-bond donors (Lipinski definition) is 0. The van der Waals surface area contributed by atoms with Crippen molar-refractivity contribution < 1.29 is 19.4 Å². The van der Waals surface area contributed by atoms with Crippen LogP contribution in [0.3, 0.4) is 0 Å². The van der Waals surface area contributed by atoms with Crippen molar-refractivity contribution >= 4 is 34.3 Å². The number of benzene rings is 1. The van der Waals surface area contributed by atoms with Gasteiger partial charge in [-0.15, -0.1) is 0 Å². The van der Waals surface area contributed by atoms with Crippen LogP contribution in [0.5, 0.6) is 5.75 Å². The van der Waals surface area contributed by atoms with Crippen molar-refractivity contribution in [2.45, 2.75) is 20.3 Å². The summed E-state index contributed by atoms with van der Waals surface area (Å²) >= 11 is 6.08. The summed E-state index contributed by atoms with van der Waals surface area (Å²) in [6, 6.07) is 6.65. The molecule has 0 unspecified atom stereocenters. The van der Waals surface area contributed by atoms with Gasteiger partial charge in [0.25, 0.3) is 0 Å². The Bertz CT molecular complexity index is 684. The van der Waals surface area contributed by atoms with Gasteiger partial charge in [-0.2, -0.15) is 0 Å². The Morgan fingerprint density at radius 1 is 1.20 bits per heavy atom. The fraction of sp³-hybridized carbons (Fsp3) is 0.214. The monoisotopic (exact) mass is 293 g/mol. The molecular weight excluding hydrogens is 282 g/mol. The van der Waals surface area contributed by atoms with Crippen LogP contribution in [-0.4, -0.2) is 16.7 Å². The highest BCUT2D eigenvalue weighted by Crippen LogP contribution is 2.30. The summed E-state index contributed by atoms with van der Waals surface area (Å²) in [5, 5.41) is 1.15. The molecular formula is C14H12ClNO4. The summed E-state index contributed by atoms with van der Waals surface area (Å²) in [6.45, 7) is 2.72. The van der Waals surface area contributed by atoms with Gasteiger partial charge in [0.05, 0.1) is 5.02 Å². The van der Waals surface area contributed by atoms with Crippen LogP contribution in [0.25, 0.3) is 10.9 Å². The number of nitrogens with zero attached hydrogens (tertiary/aromatic N) is 1. The highest BCUT2D eigenvalue weighted by Gasteiger charge is 2.11. The van der Waals surface area contributed by atoms with Crippen molar-refractivity contribution in [1.29, 1.82) is 0 Å². The predicted octanol–water partition coefficient (Wildman–Crippen LogP) is 2.88. The molecule has 0 radical (unpaired) electrons. The van der Waals surface area contributed by atoms with Gasteiger partial charge in [0.2, 0.25) is 5.75 Å². The van der Waals surface area contributed by atoms with E-state index in [-0.39, 0.29) is 18.0 Å². The number of pyridine rings is 1. The molecule has 1 heterocycles. The molecule has 5 nitrogen and oxygen atoms in total. The Kier molecular flexibility index (Phi) is 4.20. The average molecular weight is 294 g/mol. The number of rotatable bonds is 4. The van der Waals surface area contributed by atoms with Crippen molar-refractivity contribution in [3.8, 4) is 5.75 Å². The first-order valence-electron chi connectivity index (χ1n) is 5.90. The quantitative estimate of drug-likeness (QED) is 0.640. The fourth-order valence-corrected chi connectivity index (χ4v) is 1.94. The van der Waals surface area contributed by atoms with Crippen LogP contribution in [0.2, 0.25) is 5.02 Å². The molecule has 2 aromatic rings. The van der Waals surface area contributed by atoms with E-state index in [0.717, 1.165) is 0 Å². The molecule has 0 amide bonds. The van der Waals surface area contributed by atoms with Crippen LogP contribution >= 0.6 is 11.6 Å². The Labute approximate surface area is 120 Å². The van der Waals surface area contributed by atoms with E-state index >= 15 is 0 Å². The molecule has 0 aliphatic carbocycles. The number of carbonyl (C=O) groups is 2. The topological polar surface area (TPSA) is 65.5 Å². The number of aromatic nitrogens is 1. The average Bonchev–Trinajstić information content (AvgIpc) is 2.37. The van der Waals surface area contributed by atoms with E-state index in [9.17, 15) is 9.59 Å². The summed E-state index contributed by atoms with van der Waals surface area (Å²) < 4.78 is 0. The normalized spacial score (nSPS) is 10.3. The molecule has 0 saturated carbocycles. The zero-order valence-electron chi connectivity index (χ0n) is 11.0. The lowest BCUT2D eigenvalue weighted by molar-refractivity contribution is -0.210. The maximum atomic E-state index is 11.1. The van der Waals surface area contributed by atoms with Crippen molar-refractivity contribution in [1.82, 2.24) is 4.98 Å². The minimum Gasteiger partial charge on any atom is -0.300 e. The first kappa shape index (κ1) is 14.3. The van der Waals surface area contributed by atoms with Crippen LogP contribution in [0.4, 0.5) is 0 Å². The van der Waals surface area contributed by atoms with Gasteiger partial charge in [-0.1, -0.05) is 11.6 Å². The van der Waals surface area contributed by atoms with Crippen LogP contribution in [0, 0.1) is 0 Å². The minimum atomic E-state index is -0.576. The molecule has 0 bridgehead atoms. The van der Waals surface area contributed by atoms with Crippen molar-refractivity contribution in [3.05, 3.63) is 35.0 Å². The summed E-state index contributed by atoms with van der Waals surface area (Å²) in [5.74, 6) is -0.306. The summed E-state index contributed by atoms with van der Waals surface area (Å²) in [4.78, 5) is 35.7. The standard InChI is InChI=1S/C14H12ClNO4/c1-8(17)7-10-3-4-11-12(15)5-6-13(14(11)16-10)20-19-9(2)18/h3-6H,7H2,1-2H3. The second-order valence-corrected chi connectivity index (χ2v) is 4.69. The number of carbonyl (C=O) groups excluding carboxylic acids is 2. The minimum absolute atomic E-state index is 0.00123. The highest BCUT2D eigenvalue weighted by atomic mass is 35.5. The maximum Gasteiger partial charge on any atom is 0.352 e. The zero-order chi connectivity index (χ0) is 14.7. The van der Waals surface area contributed by atoms with Crippen molar-refractivity contribution in [2.24, 2.45) is 0 Å². The van der Waals surface area contributed by atoms with Gasteiger partial charge in [-0.3, -0.25) is 14.6 Å². The highest BCUT2D eigenvalue weighted by molar-refractivity contribution is 6.35. The van der Waals surface area contributed by atoms with Crippen LogP contribution in [0.1, 0.15) is 19.5 Å². The third-order valence-electron chi connectivity index (χ3n) is 2.50. The van der Waals surface area contributed by atoms with Crippen LogP contribution < -0.4 is 4.89 Å². The molecule has 0 atom stereocenters. The first-order chi connectivity index (χ1) is 9.47. The summed E-state index contributed by atoms with van der Waals surface area (Å²) in [7, 11) is 0. The van der Waals surface area contributed by atoms with Gasteiger partial charge in [-0.05, 0) is 31.2 Å². The first-order valence-corrected chi connectivity index (χ1v) is 6.28. The summed E-state index contributed by atoms with van der Waals surface area (Å²) in [5.41, 5.74) is 1.04. The van der Waals surface area contributed by atoms with Crippen LogP contribution in [-0.2, 0) is 20.9 Å². The van der Waals surface area contributed by atoms with Crippen molar-refractivity contribution in [2.75, 3.05) is 0 Å². The van der Waals surface area contributed by atoms with Gasteiger partial charge in [-0.25, -0.2) is 9.78 Å². The molecule has 6 heteroatoms. The molecule has 0 spiro atoms. The molecule has 1 aromatic carbocycles. The second-order valence-electron chi connectivity index (χ2n) is 4.28. The lowest BCUT2D eigenvalue weighted by atomic mass is 10.1. The Morgan fingerprint density at radius 3 is 2.60 bits per heavy atom. The van der Waals surface area contributed by atoms with Gasteiger partial charge >= 0.3 is 5.97 Å². The number of ketones is 1. The second kappa shape index (κ2) is 5.88. The van der Waals surface area contributed by atoms with Gasteiger partial charge in [0.1, 0.15) is 11.3 Å². The largest absolute Gasteiger partial charge is 0.352 e. The Balaban J connectivity index is 2.48. The number of hydrogen-bond acceptors (Lipinski definition) is 5. The molecule has 0 aliphatic rings. The van der Waals surface area contributed by atoms with Gasteiger partial charge in [0.15, 0.2) is 0 Å². The van der Waals surface area contributed by atoms with E-state index < -0.39 is 5.97 Å². The molecule has 0 fully saturated rings. The SMILES string of the molecule is CC(=O)Cc1ccc2c(Cl)ccc(OOC(C)=O)c2n1. The van der Waals surface area contributed by atoms with E-state index in [1.54, 1.807) is 24.3 Å². The molecule has 20 heavy (non-hydrogen) atoms. The number of halogens is 1. The van der Waals surface area contributed by atoms with Gasteiger partial charge < -0.3 is 0 Å². The maximum absolute atomic E-state index is 11.1. The molecule has 2 rings (SSSR count). The van der Waals surface area contributed by atoms with E-state index in [1.165, 1.54) is 13.8 Å². The molecule has 0 N–H and O–H groups in total. The fourth-order valence-electron chi connectivity index (χ4n) is 1.72. The predicted molar refractivity (Wildman–Crippen MR) is 73.5 cm³/mol. The van der Waals surface area contributed by atoms with E-state index in [4.69, 9.17) is 16.5 Å². The van der Waals surface area contributed by atoms with Crippen LogP contribution in [0.15, 0.2) is 24.3 Å². The third kappa shape index (κ3) is 3.24. The van der Waals surface area contributed by atoms with E-state index in [0.29, 0.717) is 21.6 Å². The molecule has 1 aromatic heterocycles. The lowest BCUT2D eigenvalue weighted by Gasteiger charge is -2.08. The lowest BCUT2D eigenvalue weighted by Crippen LogP contribution is -2.04.